The van der Waals surface area contributed by atoms with Gasteiger partial charge in [-0.15, -0.1) is 0 Å². The minimum Gasteiger partial charge on any atom is -0.503 e. The van der Waals surface area contributed by atoms with Crippen LogP contribution in [0, 0.1) is 6.92 Å². The van der Waals surface area contributed by atoms with Crippen LogP contribution in [-0.2, 0) is 13.1 Å². The predicted molar refractivity (Wildman–Crippen MR) is 96.7 cm³/mol. The Bertz CT molecular complexity index is 761. The lowest BCUT2D eigenvalue weighted by Crippen LogP contribution is -2.46. The molecule has 3 rings (SSSR count). The molecule has 128 valence electrons. The van der Waals surface area contributed by atoms with Gasteiger partial charge in [-0.2, -0.15) is 0 Å². The summed E-state index contributed by atoms with van der Waals surface area (Å²) in [6, 6.07) is 10.2. The molecule has 1 aliphatic heterocycles. The molecule has 0 amide bonds. The first-order valence-electron chi connectivity index (χ1n) is 8.53. The Morgan fingerprint density at radius 1 is 1.12 bits per heavy atom. The summed E-state index contributed by atoms with van der Waals surface area (Å²) in [5.41, 5.74) is 3.23. The lowest BCUT2D eigenvalue weighted by Gasteiger charge is -2.36. The van der Waals surface area contributed by atoms with Crippen molar-refractivity contribution in [2.75, 3.05) is 31.1 Å². The molecule has 0 bridgehead atoms. The van der Waals surface area contributed by atoms with Crippen molar-refractivity contribution >= 4 is 5.69 Å². The van der Waals surface area contributed by atoms with E-state index in [1.165, 1.54) is 11.3 Å². The molecule has 1 N–H and O–H groups in total. The smallest absolute Gasteiger partial charge is 0.223 e. The number of piperazine rings is 1. The third-order valence-corrected chi connectivity index (χ3v) is 4.66. The lowest BCUT2D eigenvalue weighted by molar-refractivity contribution is 0.243. The first kappa shape index (κ1) is 16.6. The van der Waals surface area contributed by atoms with Gasteiger partial charge in [-0.3, -0.25) is 9.69 Å². The number of nitrogens with zero attached hydrogens (tertiary/aromatic N) is 3. The molecule has 24 heavy (non-hydrogen) atoms. The van der Waals surface area contributed by atoms with Crippen molar-refractivity contribution in [3.05, 3.63) is 58.0 Å². The highest BCUT2D eigenvalue weighted by atomic mass is 16.3. The van der Waals surface area contributed by atoms with E-state index in [0.29, 0.717) is 0 Å². The molecule has 0 atom stereocenters. The van der Waals surface area contributed by atoms with Crippen molar-refractivity contribution in [2.24, 2.45) is 0 Å². The van der Waals surface area contributed by atoms with E-state index in [-0.39, 0.29) is 11.2 Å². The Labute approximate surface area is 142 Å². The molecule has 1 aromatic carbocycles. The first-order valence-corrected chi connectivity index (χ1v) is 8.53. The fraction of sp³-hybridized carbons (Fsp3) is 0.421. The Balaban J connectivity index is 1.66. The van der Waals surface area contributed by atoms with Gasteiger partial charge in [0.1, 0.15) is 0 Å². The number of hydrogen-bond donors (Lipinski definition) is 1. The summed E-state index contributed by atoms with van der Waals surface area (Å²) in [7, 11) is 0. The molecule has 5 nitrogen and oxygen atoms in total. The largest absolute Gasteiger partial charge is 0.503 e. The first-order chi connectivity index (χ1) is 11.6. The summed E-state index contributed by atoms with van der Waals surface area (Å²) < 4.78 is 1.95. The average molecular weight is 327 g/mol. The van der Waals surface area contributed by atoms with Gasteiger partial charge in [-0.25, -0.2) is 0 Å². The Morgan fingerprint density at radius 2 is 1.88 bits per heavy atom. The van der Waals surface area contributed by atoms with Crippen LogP contribution in [0.1, 0.15) is 18.2 Å². The van der Waals surface area contributed by atoms with Gasteiger partial charge in [-0.05, 0) is 31.5 Å². The van der Waals surface area contributed by atoms with E-state index in [1.807, 2.05) is 11.5 Å². The molecule has 0 radical (unpaired) electrons. The number of anilines is 1. The highest BCUT2D eigenvalue weighted by Crippen LogP contribution is 2.18. The van der Waals surface area contributed by atoms with Crippen LogP contribution in [0.15, 0.2) is 41.3 Å². The van der Waals surface area contributed by atoms with E-state index in [2.05, 4.69) is 41.0 Å². The van der Waals surface area contributed by atoms with Crippen molar-refractivity contribution in [3.63, 3.8) is 0 Å². The monoisotopic (exact) mass is 327 g/mol. The molecule has 1 aliphatic rings. The highest BCUT2D eigenvalue weighted by Gasteiger charge is 2.18. The van der Waals surface area contributed by atoms with Crippen molar-refractivity contribution in [3.8, 4) is 5.75 Å². The maximum Gasteiger partial charge on any atom is 0.223 e. The second kappa shape index (κ2) is 7.09. The van der Waals surface area contributed by atoms with Gasteiger partial charge in [-0.1, -0.05) is 12.1 Å². The molecule has 5 heteroatoms. The number of rotatable bonds is 4. The van der Waals surface area contributed by atoms with Gasteiger partial charge in [0, 0.05) is 56.7 Å². The van der Waals surface area contributed by atoms with Crippen LogP contribution in [0.25, 0.3) is 0 Å². The van der Waals surface area contributed by atoms with E-state index in [4.69, 9.17) is 0 Å². The zero-order valence-corrected chi connectivity index (χ0v) is 14.4. The number of aromatic nitrogens is 1. The summed E-state index contributed by atoms with van der Waals surface area (Å²) >= 11 is 0. The van der Waals surface area contributed by atoms with Crippen LogP contribution >= 0.6 is 0 Å². The van der Waals surface area contributed by atoms with Crippen LogP contribution in [0.4, 0.5) is 5.69 Å². The molecule has 2 aromatic rings. The standard InChI is InChI=1S/C19H25N3O2/c1-3-21-14-19(24)18(23)12-17(21)13-20-7-9-22(10-8-20)16-6-4-5-15(2)11-16/h4-6,11-12,14,24H,3,7-10,13H2,1-2H3. The van der Waals surface area contributed by atoms with Crippen LogP contribution < -0.4 is 10.3 Å². The molecular formula is C19H25N3O2. The van der Waals surface area contributed by atoms with Crippen molar-refractivity contribution in [1.29, 1.82) is 0 Å². The van der Waals surface area contributed by atoms with Gasteiger partial charge < -0.3 is 14.6 Å². The number of pyridine rings is 1. The Kier molecular flexibility index (Phi) is 4.90. The number of aryl methyl sites for hydroxylation is 2. The molecular weight excluding hydrogens is 302 g/mol. The van der Waals surface area contributed by atoms with Gasteiger partial charge in [0.25, 0.3) is 0 Å². The number of benzene rings is 1. The Hall–Kier alpha value is -2.27. The summed E-state index contributed by atoms with van der Waals surface area (Å²) in [5.74, 6) is -0.176. The van der Waals surface area contributed by atoms with Gasteiger partial charge in [0.05, 0.1) is 6.20 Å². The van der Waals surface area contributed by atoms with E-state index < -0.39 is 0 Å². The fourth-order valence-corrected chi connectivity index (χ4v) is 3.25. The van der Waals surface area contributed by atoms with E-state index in [1.54, 1.807) is 12.3 Å². The topological polar surface area (TPSA) is 48.7 Å². The third-order valence-electron chi connectivity index (χ3n) is 4.66. The van der Waals surface area contributed by atoms with Crippen LogP contribution in [0.2, 0.25) is 0 Å². The zero-order valence-electron chi connectivity index (χ0n) is 14.4. The van der Waals surface area contributed by atoms with Gasteiger partial charge in [0.2, 0.25) is 5.43 Å². The van der Waals surface area contributed by atoms with Gasteiger partial charge >= 0.3 is 0 Å². The quantitative estimate of drug-likeness (QED) is 0.935. The van der Waals surface area contributed by atoms with Crippen molar-refractivity contribution in [2.45, 2.75) is 26.9 Å². The zero-order chi connectivity index (χ0) is 17.1. The summed E-state index contributed by atoms with van der Waals surface area (Å²) in [4.78, 5) is 16.5. The maximum absolute atomic E-state index is 11.7. The van der Waals surface area contributed by atoms with Crippen LogP contribution in [0.5, 0.6) is 5.75 Å². The second-order valence-electron chi connectivity index (χ2n) is 6.40. The second-order valence-corrected chi connectivity index (χ2v) is 6.40. The highest BCUT2D eigenvalue weighted by molar-refractivity contribution is 5.48. The molecule has 0 aliphatic carbocycles. The summed E-state index contributed by atoms with van der Waals surface area (Å²) in [6.45, 7) is 9.52. The fourth-order valence-electron chi connectivity index (χ4n) is 3.25. The summed E-state index contributed by atoms with van der Waals surface area (Å²) in [6.07, 6.45) is 1.54. The molecule has 0 saturated carbocycles. The van der Waals surface area contributed by atoms with E-state index in [9.17, 15) is 9.90 Å². The predicted octanol–water partition coefficient (Wildman–Crippen LogP) is 2.20. The molecule has 0 spiro atoms. The molecule has 1 saturated heterocycles. The lowest BCUT2D eigenvalue weighted by atomic mass is 10.2. The minimum atomic E-state index is -0.298. The average Bonchev–Trinajstić information content (AvgIpc) is 2.58. The molecule has 1 aromatic heterocycles. The SMILES string of the molecule is CCn1cc(O)c(=O)cc1CN1CCN(c2cccc(C)c2)CC1. The molecule has 1 fully saturated rings. The van der Waals surface area contributed by atoms with Crippen LogP contribution in [0.3, 0.4) is 0 Å². The molecule has 0 unspecified atom stereocenters. The normalized spacial score (nSPS) is 15.7. The van der Waals surface area contributed by atoms with Crippen molar-refractivity contribution in [1.82, 2.24) is 9.47 Å². The van der Waals surface area contributed by atoms with Crippen molar-refractivity contribution < 1.29 is 5.11 Å². The van der Waals surface area contributed by atoms with E-state index >= 15 is 0 Å². The van der Waals surface area contributed by atoms with E-state index in [0.717, 1.165) is 45.0 Å². The number of aromatic hydroxyl groups is 1. The van der Waals surface area contributed by atoms with Crippen LogP contribution in [-0.4, -0.2) is 40.8 Å². The number of hydrogen-bond acceptors (Lipinski definition) is 4. The Morgan fingerprint density at radius 3 is 2.54 bits per heavy atom. The minimum absolute atomic E-state index is 0.176. The third kappa shape index (κ3) is 3.62. The summed E-state index contributed by atoms with van der Waals surface area (Å²) in [5, 5.41) is 9.59. The molecule has 2 heterocycles. The maximum atomic E-state index is 11.7. The van der Waals surface area contributed by atoms with Gasteiger partial charge in [0.15, 0.2) is 5.75 Å².